The normalized spacial score (nSPS) is 15.2. The Morgan fingerprint density at radius 1 is 1.14 bits per heavy atom. The molecule has 0 radical (unpaired) electrons. The lowest BCUT2D eigenvalue weighted by molar-refractivity contribution is 0.0739. The van der Waals surface area contributed by atoms with E-state index in [4.69, 9.17) is 0 Å². The number of hydrogen-bond donors (Lipinski definition) is 0. The number of rotatable bonds is 2. The van der Waals surface area contributed by atoms with Crippen LogP contribution >= 0.6 is 0 Å². The number of hydrogen-bond acceptors (Lipinski definition) is 3. The second kappa shape index (κ2) is 5.79. The van der Waals surface area contributed by atoms with Gasteiger partial charge in [0, 0.05) is 50.7 Å². The van der Waals surface area contributed by atoms with Crippen molar-refractivity contribution in [3.8, 4) is 0 Å². The van der Waals surface area contributed by atoms with Gasteiger partial charge in [-0.2, -0.15) is 5.10 Å². The van der Waals surface area contributed by atoms with E-state index in [2.05, 4.69) is 10.00 Å². The minimum Gasteiger partial charge on any atom is -0.368 e. The number of benzene rings is 1. The fourth-order valence-corrected chi connectivity index (χ4v) is 2.79. The van der Waals surface area contributed by atoms with Crippen molar-refractivity contribution in [1.29, 1.82) is 0 Å². The molecule has 6 heteroatoms. The van der Waals surface area contributed by atoms with Gasteiger partial charge in [-0.1, -0.05) is 0 Å². The quantitative estimate of drug-likeness (QED) is 0.850. The maximum atomic E-state index is 13.0. The lowest BCUT2D eigenvalue weighted by Crippen LogP contribution is -2.49. The predicted molar refractivity (Wildman–Crippen MR) is 82.5 cm³/mol. The van der Waals surface area contributed by atoms with Crippen molar-refractivity contribution in [3.63, 3.8) is 0 Å². The predicted octanol–water partition coefficient (Wildman–Crippen LogP) is 1.83. The molecule has 5 nitrogen and oxygen atoms in total. The Morgan fingerprint density at radius 3 is 2.32 bits per heavy atom. The summed E-state index contributed by atoms with van der Waals surface area (Å²) in [5.74, 6) is -0.250. The molecule has 1 aliphatic heterocycles. The van der Waals surface area contributed by atoms with Crippen LogP contribution in [0.1, 0.15) is 16.1 Å². The highest BCUT2D eigenvalue weighted by Gasteiger charge is 2.25. The van der Waals surface area contributed by atoms with Gasteiger partial charge in [0.25, 0.3) is 5.91 Å². The van der Waals surface area contributed by atoms with Gasteiger partial charge in [0.15, 0.2) is 5.69 Å². The average Bonchev–Trinajstić information content (AvgIpc) is 2.86. The van der Waals surface area contributed by atoms with Crippen molar-refractivity contribution in [2.24, 2.45) is 7.05 Å². The molecule has 3 rings (SSSR count). The Labute approximate surface area is 128 Å². The highest BCUT2D eigenvalue weighted by molar-refractivity contribution is 5.93. The molecule has 22 heavy (non-hydrogen) atoms. The van der Waals surface area contributed by atoms with Gasteiger partial charge in [0.2, 0.25) is 0 Å². The summed E-state index contributed by atoms with van der Waals surface area (Å²) in [5, 5.41) is 4.24. The number of amides is 1. The van der Waals surface area contributed by atoms with E-state index in [-0.39, 0.29) is 11.7 Å². The number of halogens is 1. The highest BCUT2D eigenvalue weighted by atomic mass is 19.1. The monoisotopic (exact) mass is 302 g/mol. The number of aromatic nitrogens is 2. The number of carbonyl (C=O) groups is 1. The third-order valence-corrected chi connectivity index (χ3v) is 3.97. The number of aryl methyl sites for hydroxylation is 2. The summed E-state index contributed by atoms with van der Waals surface area (Å²) in [6.45, 7) is 4.67. The smallest absolute Gasteiger partial charge is 0.274 e. The van der Waals surface area contributed by atoms with Crippen LogP contribution in [0.25, 0.3) is 0 Å². The standard InChI is InChI=1S/C16H19FN4O/c1-12-11-19(2)18-15(12)16(22)21-9-7-20(8-10-21)14-5-3-13(17)4-6-14/h3-6,11H,7-10H2,1-2H3. The molecule has 0 unspecified atom stereocenters. The molecule has 0 N–H and O–H groups in total. The van der Waals surface area contributed by atoms with E-state index in [0.29, 0.717) is 18.8 Å². The molecule has 2 heterocycles. The van der Waals surface area contributed by atoms with Crippen LogP contribution in [-0.2, 0) is 7.05 Å². The molecule has 1 aliphatic rings. The molecule has 1 amide bonds. The van der Waals surface area contributed by atoms with Crippen LogP contribution in [0.3, 0.4) is 0 Å². The molecular formula is C16H19FN4O. The molecule has 0 saturated carbocycles. The number of nitrogens with zero attached hydrogens (tertiary/aromatic N) is 4. The molecule has 0 spiro atoms. The second-order valence-electron chi connectivity index (χ2n) is 5.59. The number of anilines is 1. The first-order valence-corrected chi connectivity index (χ1v) is 7.34. The van der Waals surface area contributed by atoms with Crippen LogP contribution < -0.4 is 4.90 Å². The van der Waals surface area contributed by atoms with Crippen molar-refractivity contribution in [3.05, 3.63) is 47.5 Å². The number of piperazine rings is 1. The molecule has 116 valence electrons. The van der Waals surface area contributed by atoms with E-state index in [1.165, 1.54) is 12.1 Å². The molecule has 1 saturated heterocycles. The fraction of sp³-hybridized carbons (Fsp3) is 0.375. The van der Waals surface area contributed by atoms with Crippen LogP contribution in [0, 0.1) is 12.7 Å². The largest absolute Gasteiger partial charge is 0.368 e. The lowest BCUT2D eigenvalue weighted by atomic mass is 10.2. The molecule has 0 bridgehead atoms. The number of carbonyl (C=O) groups excluding carboxylic acids is 1. The van der Waals surface area contributed by atoms with E-state index >= 15 is 0 Å². The van der Waals surface area contributed by atoms with Crippen LogP contribution in [0.4, 0.5) is 10.1 Å². The van der Waals surface area contributed by atoms with Crippen LogP contribution in [-0.4, -0.2) is 46.8 Å². The van der Waals surface area contributed by atoms with E-state index in [9.17, 15) is 9.18 Å². The van der Waals surface area contributed by atoms with Gasteiger partial charge in [-0.05, 0) is 31.2 Å². The molecule has 1 aromatic carbocycles. The third-order valence-electron chi connectivity index (χ3n) is 3.97. The topological polar surface area (TPSA) is 41.4 Å². The molecule has 0 aliphatic carbocycles. The highest BCUT2D eigenvalue weighted by Crippen LogP contribution is 2.18. The maximum Gasteiger partial charge on any atom is 0.274 e. The summed E-state index contributed by atoms with van der Waals surface area (Å²) in [7, 11) is 1.82. The van der Waals surface area contributed by atoms with Crippen molar-refractivity contribution in [1.82, 2.24) is 14.7 Å². The molecule has 1 fully saturated rings. The van der Waals surface area contributed by atoms with Crippen molar-refractivity contribution < 1.29 is 9.18 Å². The minimum atomic E-state index is -0.233. The Balaban J connectivity index is 1.65. The van der Waals surface area contributed by atoms with Crippen molar-refractivity contribution >= 4 is 11.6 Å². The zero-order valence-corrected chi connectivity index (χ0v) is 12.8. The minimum absolute atomic E-state index is 0.0168. The van der Waals surface area contributed by atoms with Crippen LogP contribution in [0.5, 0.6) is 0 Å². The van der Waals surface area contributed by atoms with Gasteiger partial charge in [0.05, 0.1) is 0 Å². The summed E-state index contributed by atoms with van der Waals surface area (Å²) >= 11 is 0. The van der Waals surface area contributed by atoms with Gasteiger partial charge in [-0.3, -0.25) is 9.48 Å². The Kier molecular flexibility index (Phi) is 3.83. The van der Waals surface area contributed by atoms with E-state index in [0.717, 1.165) is 24.3 Å². The Bertz CT molecular complexity index is 672. The summed E-state index contributed by atoms with van der Waals surface area (Å²) in [5.41, 5.74) is 2.41. The first kappa shape index (κ1) is 14.6. The summed E-state index contributed by atoms with van der Waals surface area (Å²) < 4.78 is 14.6. The zero-order chi connectivity index (χ0) is 15.7. The molecule has 0 atom stereocenters. The summed E-state index contributed by atoms with van der Waals surface area (Å²) in [6.07, 6.45) is 1.85. The first-order chi connectivity index (χ1) is 10.5. The van der Waals surface area contributed by atoms with E-state index in [1.807, 2.05) is 25.1 Å². The van der Waals surface area contributed by atoms with Crippen LogP contribution in [0.2, 0.25) is 0 Å². The van der Waals surface area contributed by atoms with Gasteiger partial charge in [-0.15, -0.1) is 0 Å². The molecular weight excluding hydrogens is 283 g/mol. The van der Waals surface area contributed by atoms with Crippen molar-refractivity contribution in [2.75, 3.05) is 31.1 Å². The van der Waals surface area contributed by atoms with Gasteiger partial charge < -0.3 is 9.80 Å². The van der Waals surface area contributed by atoms with E-state index < -0.39 is 0 Å². The van der Waals surface area contributed by atoms with Crippen molar-refractivity contribution in [2.45, 2.75) is 6.92 Å². The third kappa shape index (κ3) is 2.81. The SMILES string of the molecule is Cc1cn(C)nc1C(=O)N1CCN(c2ccc(F)cc2)CC1. The van der Waals surface area contributed by atoms with Gasteiger partial charge >= 0.3 is 0 Å². The Morgan fingerprint density at radius 2 is 1.77 bits per heavy atom. The average molecular weight is 302 g/mol. The van der Waals surface area contributed by atoms with Gasteiger partial charge in [-0.25, -0.2) is 4.39 Å². The molecule has 1 aromatic heterocycles. The fourth-order valence-electron chi connectivity index (χ4n) is 2.79. The first-order valence-electron chi connectivity index (χ1n) is 7.34. The molecule has 2 aromatic rings. The summed E-state index contributed by atoms with van der Waals surface area (Å²) in [6, 6.07) is 6.47. The maximum absolute atomic E-state index is 13.0. The van der Waals surface area contributed by atoms with Gasteiger partial charge in [0.1, 0.15) is 5.82 Å². The van der Waals surface area contributed by atoms with E-state index in [1.54, 1.807) is 16.8 Å². The summed E-state index contributed by atoms with van der Waals surface area (Å²) in [4.78, 5) is 16.5. The zero-order valence-electron chi connectivity index (χ0n) is 12.8. The second-order valence-corrected chi connectivity index (χ2v) is 5.59. The lowest BCUT2D eigenvalue weighted by Gasteiger charge is -2.35. The Hall–Kier alpha value is -2.37. The van der Waals surface area contributed by atoms with Crippen LogP contribution in [0.15, 0.2) is 30.5 Å².